The zero-order valence-electron chi connectivity index (χ0n) is 10.6. The highest BCUT2D eigenvalue weighted by Gasteiger charge is 2.30. The van der Waals surface area contributed by atoms with E-state index in [1.54, 1.807) is 0 Å². The van der Waals surface area contributed by atoms with Crippen molar-refractivity contribution in [2.75, 3.05) is 12.3 Å². The van der Waals surface area contributed by atoms with E-state index in [1.807, 2.05) is 11.8 Å². The first-order valence-electron chi connectivity index (χ1n) is 6.67. The molecular weight excluding hydrogens is 216 g/mol. The number of hydrogen-bond donors (Lipinski definition) is 1. The van der Waals surface area contributed by atoms with Gasteiger partial charge in [-0.15, -0.1) is 0 Å². The van der Waals surface area contributed by atoms with Gasteiger partial charge >= 0.3 is 0 Å². The van der Waals surface area contributed by atoms with Gasteiger partial charge in [-0.3, -0.25) is 4.99 Å². The Morgan fingerprint density at radius 2 is 2.12 bits per heavy atom. The van der Waals surface area contributed by atoms with Gasteiger partial charge in [0.15, 0.2) is 5.17 Å². The minimum absolute atomic E-state index is 0.288. The summed E-state index contributed by atoms with van der Waals surface area (Å²) in [5.41, 5.74) is 0.288. The van der Waals surface area contributed by atoms with Crippen molar-refractivity contribution in [1.29, 1.82) is 0 Å². The van der Waals surface area contributed by atoms with Crippen LogP contribution in [-0.2, 0) is 0 Å². The minimum atomic E-state index is 0.288. The summed E-state index contributed by atoms with van der Waals surface area (Å²) in [4.78, 5) is 4.76. The number of amidine groups is 1. The Balaban J connectivity index is 1.80. The topological polar surface area (TPSA) is 24.4 Å². The molecule has 2 fully saturated rings. The highest BCUT2D eigenvalue weighted by molar-refractivity contribution is 8.14. The van der Waals surface area contributed by atoms with Crippen LogP contribution in [0.2, 0.25) is 0 Å². The fraction of sp³-hybridized carbons (Fsp3) is 0.923. The number of aliphatic imine (C=N–C) groups is 1. The van der Waals surface area contributed by atoms with Crippen molar-refractivity contribution in [3.63, 3.8) is 0 Å². The first-order valence-corrected chi connectivity index (χ1v) is 7.66. The maximum atomic E-state index is 4.76. The second-order valence-electron chi connectivity index (χ2n) is 5.48. The average molecular weight is 240 g/mol. The van der Waals surface area contributed by atoms with E-state index in [1.165, 1.54) is 49.4 Å². The molecule has 1 saturated carbocycles. The van der Waals surface area contributed by atoms with E-state index in [4.69, 9.17) is 4.99 Å². The molecule has 1 atom stereocenters. The number of rotatable bonds is 3. The third kappa shape index (κ3) is 3.16. The highest BCUT2D eigenvalue weighted by Crippen LogP contribution is 2.27. The summed E-state index contributed by atoms with van der Waals surface area (Å²) in [5, 5.41) is 4.76. The van der Waals surface area contributed by atoms with E-state index in [0.29, 0.717) is 0 Å². The third-order valence-electron chi connectivity index (χ3n) is 3.93. The zero-order valence-corrected chi connectivity index (χ0v) is 11.4. The summed E-state index contributed by atoms with van der Waals surface area (Å²) in [7, 11) is 0. The fourth-order valence-corrected chi connectivity index (χ4v) is 3.63. The molecule has 0 aromatic heterocycles. The van der Waals surface area contributed by atoms with Crippen LogP contribution in [-0.4, -0.2) is 23.0 Å². The molecule has 92 valence electrons. The molecule has 1 aliphatic carbocycles. The Bertz CT molecular complexity index is 259. The molecule has 2 nitrogen and oxygen atoms in total. The molecular formula is C13H24N2S. The van der Waals surface area contributed by atoms with Gasteiger partial charge in [-0.1, -0.05) is 37.9 Å². The quantitative estimate of drug-likeness (QED) is 0.817. The predicted octanol–water partition coefficient (Wildman–Crippen LogP) is 3.43. The van der Waals surface area contributed by atoms with E-state index in [0.717, 1.165) is 12.5 Å². The molecule has 0 aromatic rings. The van der Waals surface area contributed by atoms with Crippen molar-refractivity contribution in [2.24, 2.45) is 10.9 Å². The molecule has 0 bridgehead atoms. The minimum Gasteiger partial charge on any atom is -0.359 e. The Hall–Kier alpha value is -0.180. The molecule has 1 unspecified atom stereocenters. The van der Waals surface area contributed by atoms with Gasteiger partial charge in [0.1, 0.15) is 0 Å². The Kier molecular flexibility index (Phi) is 4.17. The van der Waals surface area contributed by atoms with Crippen molar-refractivity contribution in [2.45, 2.75) is 57.9 Å². The smallest absolute Gasteiger partial charge is 0.157 e. The summed E-state index contributed by atoms with van der Waals surface area (Å²) >= 11 is 1.90. The molecule has 1 N–H and O–H groups in total. The van der Waals surface area contributed by atoms with Crippen LogP contribution >= 0.6 is 11.8 Å². The highest BCUT2D eigenvalue weighted by atomic mass is 32.2. The molecule has 0 aromatic carbocycles. The van der Waals surface area contributed by atoms with Gasteiger partial charge in [-0.2, -0.15) is 0 Å². The molecule has 0 amide bonds. The zero-order chi connectivity index (χ0) is 11.4. The van der Waals surface area contributed by atoms with Crippen LogP contribution in [0.25, 0.3) is 0 Å². The van der Waals surface area contributed by atoms with Crippen LogP contribution < -0.4 is 5.32 Å². The number of thioether (sulfide) groups is 1. The normalized spacial score (nSPS) is 34.2. The van der Waals surface area contributed by atoms with Crippen LogP contribution in [0.1, 0.15) is 52.4 Å². The SMILES string of the molecule is CCC1(C)CSC(=NCC2CCCCC2)N1. The lowest BCUT2D eigenvalue weighted by Gasteiger charge is -2.22. The molecule has 3 heteroatoms. The summed E-state index contributed by atoms with van der Waals surface area (Å²) < 4.78 is 0. The van der Waals surface area contributed by atoms with Crippen molar-refractivity contribution < 1.29 is 0 Å². The van der Waals surface area contributed by atoms with Crippen molar-refractivity contribution in [1.82, 2.24) is 5.32 Å². The molecule has 16 heavy (non-hydrogen) atoms. The third-order valence-corrected chi connectivity index (χ3v) is 5.22. The Morgan fingerprint density at radius 1 is 1.38 bits per heavy atom. The lowest BCUT2D eigenvalue weighted by atomic mass is 9.89. The largest absolute Gasteiger partial charge is 0.359 e. The standard InChI is InChI=1S/C13H24N2S/c1-3-13(2)10-16-12(15-13)14-9-11-7-5-4-6-8-11/h11H,3-10H2,1-2H3,(H,14,15). The van der Waals surface area contributed by atoms with Crippen LogP contribution in [0.4, 0.5) is 0 Å². The van der Waals surface area contributed by atoms with Crippen LogP contribution in [0.5, 0.6) is 0 Å². The van der Waals surface area contributed by atoms with E-state index in [9.17, 15) is 0 Å². The van der Waals surface area contributed by atoms with Gasteiger partial charge in [-0.05, 0) is 32.1 Å². The van der Waals surface area contributed by atoms with Crippen LogP contribution in [0.3, 0.4) is 0 Å². The van der Waals surface area contributed by atoms with Gasteiger partial charge in [0, 0.05) is 17.8 Å². The fourth-order valence-electron chi connectivity index (χ4n) is 2.42. The lowest BCUT2D eigenvalue weighted by molar-refractivity contribution is 0.366. The van der Waals surface area contributed by atoms with Gasteiger partial charge in [0.05, 0.1) is 0 Å². The summed E-state index contributed by atoms with van der Waals surface area (Å²) in [6, 6.07) is 0. The monoisotopic (exact) mass is 240 g/mol. The van der Waals surface area contributed by atoms with E-state index >= 15 is 0 Å². The summed E-state index contributed by atoms with van der Waals surface area (Å²) in [5.74, 6) is 2.03. The molecule has 1 aliphatic heterocycles. The number of nitrogens with one attached hydrogen (secondary N) is 1. The number of hydrogen-bond acceptors (Lipinski definition) is 2. The van der Waals surface area contributed by atoms with Gasteiger partial charge in [0.25, 0.3) is 0 Å². The van der Waals surface area contributed by atoms with Crippen LogP contribution in [0, 0.1) is 5.92 Å². The molecule has 0 radical (unpaired) electrons. The molecule has 0 spiro atoms. The molecule has 2 rings (SSSR count). The Morgan fingerprint density at radius 3 is 2.75 bits per heavy atom. The Labute approximate surface area is 104 Å². The van der Waals surface area contributed by atoms with Gasteiger partial charge in [0.2, 0.25) is 0 Å². The second-order valence-corrected chi connectivity index (χ2v) is 6.44. The maximum Gasteiger partial charge on any atom is 0.157 e. The van der Waals surface area contributed by atoms with E-state index in [-0.39, 0.29) is 5.54 Å². The summed E-state index contributed by atoms with van der Waals surface area (Å²) in [6.45, 7) is 5.59. The predicted molar refractivity (Wildman–Crippen MR) is 73.2 cm³/mol. The van der Waals surface area contributed by atoms with Crippen molar-refractivity contribution >= 4 is 16.9 Å². The van der Waals surface area contributed by atoms with Gasteiger partial charge in [-0.25, -0.2) is 0 Å². The lowest BCUT2D eigenvalue weighted by Crippen LogP contribution is -2.39. The van der Waals surface area contributed by atoms with Crippen LogP contribution in [0.15, 0.2) is 4.99 Å². The van der Waals surface area contributed by atoms with E-state index in [2.05, 4.69) is 19.2 Å². The maximum absolute atomic E-state index is 4.76. The first kappa shape index (κ1) is 12.3. The van der Waals surface area contributed by atoms with Crippen molar-refractivity contribution in [3.05, 3.63) is 0 Å². The summed E-state index contributed by atoms with van der Waals surface area (Å²) in [6.07, 6.45) is 8.25. The first-order chi connectivity index (χ1) is 7.72. The molecule has 1 heterocycles. The average Bonchev–Trinajstić information content (AvgIpc) is 2.71. The molecule has 2 aliphatic rings. The number of nitrogens with zero attached hydrogens (tertiary/aromatic N) is 1. The van der Waals surface area contributed by atoms with Crippen molar-refractivity contribution in [3.8, 4) is 0 Å². The second kappa shape index (κ2) is 5.44. The van der Waals surface area contributed by atoms with E-state index < -0.39 is 0 Å². The van der Waals surface area contributed by atoms with Gasteiger partial charge < -0.3 is 5.32 Å². The molecule has 1 saturated heterocycles.